The van der Waals surface area contributed by atoms with Gasteiger partial charge in [0.05, 0.1) is 12.7 Å². The molecule has 0 saturated heterocycles. The van der Waals surface area contributed by atoms with E-state index in [1.54, 1.807) is 0 Å². The van der Waals surface area contributed by atoms with Gasteiger partial charge in [0.2, 0.25) is 0 Å². The summed E-state index contributed by atoms with van der Waals surface area (Å²) in [7, 11) is 0. The lowest BCUT2D eigenvalue weighted by Crippen LogP contribution is -2.26. The lowest BCUT2D eigenvalue weighted by atomic mass is 10.2. The molecule has 1 aliphatic rings. The van der Waals surface area contributed by atoms with Crippen molar-refractivity contribution in [2.45, 2.75) is 51.4 Å². The second-order valence-corrected chi connectivity index (χ2v) is 4.98. The van der Waals surface area contributed by atoms with Crippen molar-refractivity contribution in [3.63, 3.8) is 0 Å². The van der Waals surface area contributed by atoms with E-state index in [4.69, 9.17) is 15.2 Å². The molecule has 0 aliphatic heterocycles. The smallest absolute Gasteiger partial charge is 0.128 e. The molecule has 2 atom stereocenters. The third kappa shape index (κ3) is 3.61. The average molecular weight is 265 g/mol. The van der Waals surface area contributed by atoms with Crippen molar-refractivity contribution in [3.8, 4) is 11.5 Å². The lowest BCUT2D eigenvalue weighted by Gasteiger charge is -2.20. The molecule has 2 rings (SSSR count). The summed E-state index contributed by atoms with van der Waals surface area (Å²) in [5.74, 6) is 1.53. The summed E-state index contributed by atoms with van der Waals surface area (Å²) in [5.41, 5.74) is 6.67. The van der Waals surface area contributed by atoms with Crippen molar-refractivity contribution < 1.29 is 14.6 Å². The number of hydrogen-bond donors (Lipinski definition) is 2. The van der Waals surface area contributed by atoms with Crippen molar-refractivity contribution in [3.05, 3.63) is 23.8 Å². The number of aliphatic hydroxyl groups excluding tert-OH is 1. The molecule has 0 radical (unpaired) electrons. The molecule has 0 heterocycles. The Labute approximate surface area is 114 Å². The van der Waals surface area contributed by atoms with Crippen LogP contribution in [-0.4, -0.2) is 23.9 Å². The Morgan fingerprint density at radius 3 is 2.84 bits per heavy atom. The fraction of sp³-hybridized carbons (Fsp3) is 0.600. The van der Waals surface area contributed by atoms with Crippen LogP contribution in [-0.2, 0) is 6.54 Å². The van der Waals surface area contributed by atoms with Crippen molar-refractivity contribution in [1.82, 2.24) is 0 Å². The van der Waals surface area contributed by atoms with Crippen LogP contribution < -0.4 is 15.2 Å². The van der Waals surface area contributed by atoms with E-state index in [0.29, 0.717) is 13.2 Å². The maximum Gasteiger partial charge on any atom is 0.128 e. The number of hydrogen-bond acceptors (Lipinski definition) is 4. The van der Waals surface area contributed by atoms with Crippen molar-refractivity contribution in [1.29, 1.82) is 0 Å². The molecule has 19 heavy (non-hydrogen) atoms. The summed E-state index contributed by atoms with van der Waals surface area (Å²) in [6.07, 6.45) is 3.20. The van der Waals surface area contributed by atoms with Gasteiger partial charge in [-0.2, -0.15) is 0 Å². The molecule has 1 aliphatic carbocycles. The number of nitrogens with two attached hydrogens (primary N) is 1. The third-order valence-corrected chi connectivity index (χ3v) is 3.43. The maximum atomic E-state index is 9.84. The van der Waals surface area contributed by atoms with E-state index in [1.807, 2.05) is 18.2 Å². The normalized spacial score (nSPS) is 22.5. The van der Waals surface area contributed by atoms with E-state index in [1.165, 1.54) is 0 Å². The van der Waals surface area contributed by atoms with Crippen LogP contribution in [0.4, 0.5) is 0 Å². The van der Waals surface area contributed by atoms with Gasteiger partial charge >= 0.3 is 0 Å². The van der Waals surface area contributed by atoms with Crippen LogP contribution >= 0.6 is 0 Å². The van der Waals surface area contributed by atoms with Crippen LogP contribution in [0.15, 0.2) is 18.2 Å². The first kappa shape index (κ1) is 14.2. The molecule has 4 heteroatoms. The van der Waals surface area contributed by atoms with Gasteiger partial charge in [-0.25, -0.2) is 0 Å². The molecule has 0 aromatic heterocycles. The number of benzene rings is 1. The molecule has 3 N–H and O–H groups in total. The lowest BCUT2D eigenvalue weighted by molar-refractivity contribution is 0.0596. The van der Waals surface area contributed by atoms with Gasteiger partial charge in [0.25, 0.3) is 0 Å². The van der Waals surface area contributed by atoms with Crippen LogP contribution in [0, 0.1) is 0 Å². The zero-order valence-electron chi connectivity index (χ0n) is 11.5. The Balaban J connectivity index is 2.11. The Morgan fingerprint density at radius 1 is 1.37 bits per heavy atom. The first-order valence-electron chi connectivity index (χ1n) is 7.05. The Kier molecular flexibility index (Phi) is 5.05. The van der Waals surface area contributed by atoms with Gasteiger partial charge in [0.1, 0.15) is 17.6 Å². The van der Waals surface area contributed by atoms with Gasteiger partial charge in [0, 0.05) is 18.2 Å². The second kappa shape index (κ2) is 6.78. The standard InChI is InChI=1S/C15H23NO3/c1-2-8-18-12-7-6-11(10-16)15(9-12)19-14-5-3-4-13(14)17/h6-7,9,13-14,17H,2-5,8,10,16H2,1H3. The van der Waals surface area contributed by atoms with Gasteiger partial charge < -0.3 is 20.3 Å². The maximum absolute atomic E-state index is 9.84. The van der Waals surface area contributed by atoms with E-state index < -0.39 is 0 Å². The minimum Gasteiger partial charge on any atom is -0.493 e. The highest BCUT2D eigenvalue weighted by Gasteiger charge is 2.27. The van der Waals surface area contributed by atoms with Gasteiger partial charge in [-0.15, -0.1) is 0 Å². The summed E-state index contributed by atoms with van der Waals surface area (Å²) in [4.78, 5) is 0. The Hall–Kier alpha value is -1.26. The topological polar surface area (TPSA) is 64.7 Å². The minimum absolute atomic E-state index is 0.119. The van der Waals surface area contributed by atoms with E-state index in [9.17, 15) is 5.11 Å². The summed E-state index contributed by atoms with van der Waals surface area (Å²) in [5, 5.41) is 9.84. The fourth-order valence-corrected chi connectivity index (χ4v) is 2.33. The predicted molar refractivity (Wildman–Crippen MR) is 74.4 cm³/mol. The molecule has 0 amide bonds. The Morgan fingerprint density at radius 2 is 2.21 bits per heavy atom. The highest BCUT2D eigenvalue weighted by Crippen LogP contribution is 2.30. The minimum atomic E-state index is -0.370. The number of ether oxygens (including phenoxy) is 2. The molecule has 2 unspecified atom stereocenters. The van der Waals surface area contributed by atoms with E-state index in [-0.39, 0.29) is 12.2 Å². The van der Waals surface area contributed by atoms with Crippen molar-refractivity contribution in [2.24, 2.45) is 5.73 Å². The van der Waals surface area contributed by atoms with Crippen LogP contribution in [0.25, 0.3) is 0 Å². The fourth-order valence-electron chi connectivity index (χ4n) is 2.33. The Bertz CT molecular complexity index is 408. The molecule has 1 aromatic rings. The first-order valence-corrected chi connectivity index (χ1v) is 7.05. The van der Waals surface area contributed by atoms with Crippen LogP contribution in [0.5, 0.6) is 11.5 Å². The third-order valence-electron chi connectivity index (χ3n) is 3.43. The largest absolute Gasteiger partial charge is 0.493 e. The quantitative estimate of drug-likeness (QED) is 0.828. The molecule has 0 spiro atoms. The van der Waals surface area contributed by atoms with Crippen LogP contribution in [0.3, 0.4) is 0 Å². The molecular formula is C15H23NO3. The predicted octanol–water partition coefficient (Wildman–Crippen LogP) is 2.23. The summed E-state index contributed by atoms with van der Waals surface area (Å²) >= 11 is 0. The molecule has 1 saturated carbocycles. The van der Waals surface area contributed by atoms with Gasteiger partial charge in [-0.3, -0.25) is 0 Å². The highest BCUT2D eigenvalue weighted by atomic mass is 16.5. The van der Waals surface area contributed by atoms with E-state index in [2.05, 4.69) is 6.92 Å². The van der Waals surface area contributed by atoms with E-state index in [0.717, 1.165) is 42.7 Å². The van der Waals surface area contributed by atoms with E-state index >= 15 is 0 Å². The number of aliphatic hydroxyl groups is 1. The molecular weight excluding hydrogens is 242 g/mol. The molecule has 0 bridgehead atoms. The van der Waals surface area contributed by atoms with Crippen molar-refractivity contribution >= 4 is 0 Å². The molecule has 1 aromatic carbocycles. The first-order chi connectivity index (χ1) is 9.24. The summed E-state index contributed by atoms with van der Waals surface area (Å²) in [6.45, 7) is 3.18. The SMILES string of the molecule is CCCOc1ccc(CN)c(OC2CCCC2O)c1. The second-order valence-electron chi connectivity index (χ2n) is 4.98. The number of rotatable bonds is 6. The average Bonchev–Trinajstić information content (AvgIpc) is 2.82. The molecule has 4 nitrogen and oxygen atoms in total. The van der Waals surface area contributed by atoms with Crippen LogP contribution in [0.2, 0.25) is 0 Å². The van der Waals surface area contributed by atoms with Gasteiger partial charge in [-0.05, 0) is 31.7 Å². The summed E-state index contributed by atoms with van der Waals surface area (Å²) < 4.78 is 11.5. The molecule has 1 fully saturated rings. The monoisotopic (exact) mass is 265 g/mol. The van der Waals surface area contributed by atoms with Gasteiger partial charge in [-0.1, -0.05) is 13.0 Å². The zero-order chi connectivity index (χ0) is 13.7. The van der Waals surface area contributed by atoms with Gasteiger partial charge in [0.15, 0.2) is 0 Å². The van der Waals surface area contributed by atoms with Crippen LogP contribution in [0.1, 0.15) is 38.2 Å². The summed E-state index contributed by atoms with van der Waals surface area (Å²) in [6, 6.07) is 5.72. The highest BCUT2D eigenvalue weighted by molar-refractivity contribution is 5.41. The van der Waals surface area contributed by atoms with Crippen molar-refractivity contribution in [2.75, 3.05) is 6.61 Å². The zero-order valence-corrected chi connectivity index (χ0v) is 11.5. The molecule has 106 valence electrons.